The fourth-order valence-corrected chi connectivity index (χ4v) is 3.79. The van der Waals surface area contributed by atoms with Crippen molar-refractivity contribution in [3.8, 4) is 11.3 Å². The number of nitrogens with zero attached hydrogens (tertiary/aromatic N) is 1. The molecule has 1 aliphatic heterocycles. The van der Waals surface area contributed by atoms with Gasteiger partial charge in [-0.15, -0.1) is 0 Å². The molecule has 0 aliphatic carbocycles. The Hall–Kier alpha value is -2.76. The molecule has 27 heavy (non-hydrogen) atoms. The van der Waals surface area contributed by atoms with Crippen LogP contribution in [0, 0.1) is 6.92 Å². The molecule has 1 aromatic heterocycles. The fraction of sp³-hybridized carbons (Fsp3) is 0.273. The van der Waals surface area contributed by atoms with Crippen LogP contribution in [0.5, 0.6) is 0 Å². The monoisotopic (exact) mass is 362 g/mol. The van der Waals surface area contributed by atoms with Gasteiger partial charge < -0.3 is 14.9 Å². The number of hydrogen-bond donors (Lipinski definition) is 2. The number of benzene rings is 2. The van der Waals surface area contributed by atoms with E-state index in [-0.39, 0.29) is 5.78 Å². The van der Waals surface area contributed by atoms with Crippen molar-refractivity contribution >= 4 is 5.78 Å². The number of ketones is 1. The number of nitrogens with one attached hydrogen (secondary N) is 1. The number of carbonyl (C=O) groups excluding carboxylic acids is 1. The van der Waals surface area contributed by atoms with Crippen molar-refractivity contribution in [2.24, 2.45) is 0 Å². The zero-order valence-corrected chi connectivity index (χ0v) is 15.2. The van der Waals surface area contributed by atoms with Crippen LogP contribution in [0.25, 0.3) is 11.3 Å². The van der Waals surface area contributed by atoms with Gasteiger partial charge in [-0.05, 0) is 31.9 Å². The van der Waals surface area contributed by atoms with Gasteiger partial charge in [0.25, 0.3) is 0 Å². The maximum absolute atomic E-state index is 13.6. The van der Waals surface area contributed by atoms with Crippen molar-refractivity contribution in [1.82, 2.24) is 10.5 Å². The summed E-state index contributed by atoms with van der Waals surface area (Å²) in [6.07, 6.45) is 1.88. The Bertz CT molecular complexity index is 926. The van der Waals surface area contributed by atoms with Crippen LogP contribution in [-0.2, 0) is 0 Å². The third-order valence-electron chi connectivity index (χ3n) is 5.30. The molecule has 3 aromatic rings. The lowest BCUT2D eigenvalue weighted by Gasteiger charge is -2.33. The Balaban J connectivity index is 1.74. The molecule has 0 spiro atoms. The highest BCUT2D eigenvalue weighted by molar-refractivity contribution is 6.07. The first-order valence-electron chi connectivity index (χ1n) is 9.16. The van der Waals surface area contributed by atoms with Gasteiger partial charge in [-0.3, -0.25) is 4.79 Å². The standard InChI is InChI=1S/C22H22N2O3/c1-15-8-10-16(11-9-15)19-18(14-24-27-19)21(26)22(12-5-13-23-22)20(25)17-6-3-2-4-7-17/h2-4,6-11,14,20,23,25H,5,12-13H2,1H3/t20?,22-/m1/s1. The maximum Gasteiger partial charge on any atom is 0.191 e. The van der Waals surface area contributed by atoms with Crippen LogP contribution in [0.1, 0.15) is 40.4 Å². The van der Waals surface area contributed by atoms with E-state index in [4.69, 9.17) is 4.52 Å². The lowest BCUT2D eigenvalue weighted by molar-refractivity contribution is 0.0503. The van der Waals surface area contributed by atoms with Crippen LogP contribution >= 0.6 is 0 Å². The van der Waals surface area contributed by atoms with Crippen molar-refractivity contribution in [3.63, 3.8) is 0 Å². The molecule has 1 saturated heterocycles. The van der Waals surface area contributed by atoms with Crippen molar-refractivity contribution in [2.45, 2.75) is 31.4 Å². The van der Waals surface area contributed by atoms with Gasteiger partial charge in [0.05, 0.1) is 11.8 Å². The van der Waals surface area contributed by atoms with Gasteiger partial charge in [0.1, 0.15) is 11.6 Å². The smallest absolute Gasteiger partial charge is 0.191 e. The van der Waals surface area contributed by atoms with Crippen molar-refractivity contribution in [1.29, 1.82) is 0 Å². The predicted octanol–water partition coefficient (Wildman–Crippen LogP) is 3.69. The molecule has 0 amide bonds. The topological polar surface area (TPSA) is 75.4 Å². The van der Waals surface area contributed by atoms with E-state index < -0.39 is 11.6 Å². The fourth-order valence-electron chi connectivity index (χ4n) is 3.79. The number of aryl methyl sites for hydroxylation is 1. The second-order valence-corrected chi connectivity index (χ2v) is 7.08. The summed E-state index contributed by atoms with van der Waals surface area (Å²) < 4.78 is 5.42. The van der Waals surface area contributed by atoms with Crippen LogP contribution in [0.3, 0.4) is 0 Å². The molecule has 2 atom stereocenters. The average Bonchev–Trinajstić information content (AvgIpc) is 3.39. The van der Waals surface area contributed by atoms with E-state index in [9.17, 15) is 9.90 Å². The lowest BCUT2D eigenvalue weighted by atomic mass is 9.79. The molecule has 5 heteroatoms. The van der Waals surface area contributed by atoms with Crippen LogP contribution < -0.4 is 5.32 Å². The minimum Gasteiger partial charge on any atom is -0.386 e. The van der Waals surface area contributed by atoms with Crippen molar-refractivity contribution in [3.05, 3.63) is 77.5 Å². The number of aliphatic hydroxyl groups excluding tert-OH is 1. The molecule has 2 heterocycles. The summed E-state index contributed by atoms with van der Waals surface area (Å²) >= 11 is 0. The minimum absolute atomic E-state index is 0.187. The Labute approximate surface area is 158 Å². The molecule has 0 saturated carbocycles. The van der Waals surface area contributed by atoms with E-state index in [0.29, 0.717) is 29.9 Å². The van der Waals surface area contributed by atoms with E-state index in [1.165, 1.54) is 6.20 Å². The van der Waals surface area contributed by atoms with E-state index >= 15 is 0 Å². The van der Waals surface area contributed by atoms with Gasteiger partial charge in [0.2, 0.25) is 0 Å². The zero-order chi connectivity index (χ0) is 18.9. The first-order chi connectivity index (χ1) is 13.1. The highest BCUT2D eigenvalue weighted by Crippen LogP contribution is 2.38. The minimum atomic E-state index is -1.08. The van der Waals surface area contributed by atoms with Gasteiger partial charge in [-0.1, -0.05) is 65.3 Å². The Morgan fingerprint density at radius 1 is 1.19 bits per heavy atom. The summed E-state index contributed by atoms with van der Waals surface area (Å²) in [6, 6.07) is 17.1. The van der Waals surface area contributed by atoms with Crippen LogP contribution in [0.15, 0.2) is 65.3 Å². The van der Waals surface area contributed by atoms with Gasteiger partial charge in [-0.2, -0.15) is 0 Å². The van der Waals surface area contributed by atoms with Gasteiger partial charge in [-0.25, -0.2) is 0 Å². The summed E-state index contributed by atoms with van der Waals surface area (Å²) in [6.45, 7) is 2.69. The summed E-state index contributed by atoms with van der Waals surface area (Å²) in [5, 5.41) is 18.3. The molecule has 1 unspecified atom stereocenters. The third kappa shape index (κ3) is 3.09. The number of aliphatic hydroxyl groups is 1. The average molecular weight is 362 g/mol. The number of rotatable bonds is 5. The zero-order valence-electron chi connectivity index (χ0n) is 15.2. The first-order valence-corrected chi connectivity index (χ1v) is 9.16. The molecular weight excluding hydrogens is 340 g/mol. The molecular formula is C22H22N2O3. The highest BCUT2D eigenvalue weighted by atomic mass is 16.5. The molecule has 0 radical (unpaired) electrons. The van der Waals surface area contributed by atoms with Crippen molar-refractivity contribution < 1.29 is 14.4 Å². The molecule has 4 rings (SSSR count). The number of Topliss-reactive ketones (excluding diaryl/α,β-unsaturated/α-hetero) is 1. The Morgan fingerprint density at radius 2 is 1.93 bits per heavy atom. The summed E-state index contributed by atoms with van der Waals surface area (Å²) in [5.41, 5.74) is 1.95. The summed E-state index contributed by atoms with van der Waals surface area (Å²) in [5.74, 6) is 0.251. The third-order valence-corrected chi connectivity index (χ3v) is 5.30. The van der Waals surface area contributed by atoms with Gasteiger partial charge in [0.15, 0.2) is 11.5 Å². The highest BCUT2D eigenvalue weighted by Gasteiger charge is 2.49. The van der Waals surface area contributed by atoms with E-state index in [0.717, 1.165) is 17.5 Å². The van der Waals surface area contributed by atoms with E-state index in [1.54, 1.807) is 0 Å². The van der Waals surface area contributed by atoms with E-state index in [2.05, 4.69) is 10.5 Å². The van der Waals surface area contributed by atoms with Crippen LogP contribution in [-0.4, -0.2) is 28.1 Å². The number of carbonyl (C=O) groups is 1. The first kappa shape index (κ1) is 17.6. The molecule has 2 aromatic carbocycles. The lowest BCUT2D eigenvalue weighted by Crippen LogP contribution is -2.52. The quantitative estimate of drug-likeness (QED) is 0.677. The Kier molecular flexibility index (Phi) is 4.64. The SMILES string of the molecule is Cc1ccc(-c2oncc2C(=O)[C@]2(C(O)c3ccccc3)CCCN2)cc1. The van der Waals surface area contributed by atoms with Gasteiger partial charge in [0, 0.05) is 5.56 Å². The second-order valence-electron chi connectivity index (χ2n) is 7.08. The van der Waals surface area contributed by atoms with Gasteiger partial charge >= 0.3 is 0 Å². The molecule has 0 bridgehead atoms. The number of aromatic nitrogens is 1. The maximum atomic E-state index is 13.6. The predicted molar refractivity (Wildman–Crippen MR) is 102 cm³/mol. The molecule has 138 valence electrons. The summed E-state index contributed by atoms with van der Waals surface area (Å²) in [4.78, 5) is 13.6. The molecule has 2 N–H and O–H groups in total. The molecule has 1 aliphatic rings. The number of hydrogen-bond acceptors (Lipinski definition) is 5. The summed E-state index contributed by atoms with van der Waals surface area (Å²) in [7, 11) is 0. The second kappa shape index (κ2) is 7.10. The van der Waals surface area contributed by atoms with Crippen molar-refractivity contribution in [2.75, 3.05) is 6.54 Å². The largest absolute Gasteiger partial charge is 0.386 e. The molecule has 5 nitrogen and oxygen atoms in total. The Morgan fingerprint density at radius 3 is 2.59 bits per heavy atom. The normalized spacial score (nSPS) is 20.5. The van der Waals surface area contributed by atoms with Crippen LogP contribution in [0.2, 0.25) is 0 Å². The van der Waals surface area contributed by atoms with E-state index in [1.807, 2.05) is 61.5 Å². The van der Waals surface area contributed by atoms with Crippen LogP contribution in [0.4, 0.5) is 0 Å². The molecule has 1 fully saturated rings.